The smallest absolute Gasteiger partial charge is 0.309 e. The SMILES string of the molecule is CC(C)(C)CCN1[C@@H]2CCCC[C@H]2N(CCC(C)(C)C)P1(=O)Nc1ccccc1. The van der Waals surface area contributed by atoms with E-state index in [2.05, 4.69) is 56.0 Å². The number of anilines is 1. The van der Waals surface area contributed by atoms with Crippen molar-refractivity contribution >= 4 is 13.3 Å². The third-order valence-electron chi connectivity index (χ3n) is 6.39. The molecule has 29 heavy (non-hydrogen) atoms. The molecule has 1 aromatic carbocycles. The second-order valence-electron chi connectivity index (χ2n) is 11.4. The lowest BCUT2D eigenvalue weighted by Gasteiger charge is -2.35. The van der Waals surface area contributed by atoms with Gasteiger partial charge in [-0.1, -0.05) is 72.6 Å². The lowest BCUT2D eigenvalue weighted by Crippen LogP contribution is -2.41. The first-order valence-corrected chi connectivity index (χ1v) is 13.1. The Morgan fingerprint density at radius 3 is 1.72 bits per heavy atom. The molecule has 2 aliphatic rings. The second-order valence-corrected chi connectivity index (χ2v) is 13.7. The first-order valence-electron chi connectivity index (χ1n) is 11.5. The van der Waals surface area contributed by atoms with Crippen LogP contribution in [0.4, 0.5) is 5.69 Å². The molecule has 3 rings (SSSR count). The van der Waals surface area contributed by atoms with Crippen LogP contribution in [0, 0.1) is 10.8 Å². The number of benzene rings is 1. The summed E-state index contributed by atoms with van der Waals surface area (Å²) in [7, 11) is -2.87. The molecule has 0 amide bonds. The minimum atomic E-state index is -2.87. The molecule has 1 aromatic rings. The number of para-hydroxylation sites is 1. The van der Waals surface area contributed by atoms with Crippen LogP contribution in [0.15, 0.2) is 30.3 Å². The van der Waals surface area contributed by atoms with Crippen molar-refractivity contribution in [2.24, 2.45) is 10.8 Å². The quantitative estimate of drug-likeness (QED) is 0.503. The van der Waals surface area contributed by atoms with Crippen LogP contribution < -0.4 is 5.09 Å². The summed E-state index contributed by atoms with van der Waals surface area (Å²) in [6, 6.07) is 11.0. The number of nitrogens with one attached hydrogen (secondary N) is 1. The van der Waals surface area contributed by atoms with Gasteiger partial charge in [0.15, 0.2) is 0 Å². The third-order valence-corrected chi connectivity index (χ3v) is 9.32. The summed E-state index contributed by atoms with van der Waals surface area (Å²) in [5.74, 6) is 0. The van der Waals surface area contributed by atoms with Crippen molar-refractivity contribution in [3.63, 3.8) is 0 Å². The summed E-state index contributed by atoms with van der Waals surface area (Å²) in [6.45, 7) is 15.5. The van der Waals surface area contributed by atoms with Gasteiger partial charge in [-0.25, -0.2) is 9.34 Å². The summed E-state index contributed by atoms with van der Waals surface area (Å²) >= 11 is 0. The van der Waals surface area contributed by atoms with Crippen molar-refractivity contribution in [2.75, 3.05) is 18.2 Å². The van der Waals surface area contributed by atoms with E-state index in [0.29, 0.717) is 12.1 Å². The van der Waals surface area contributed by atoms with E-state index >= 15 is 0 Å². The fourth-order valence-electron chi connectivity index (χ4n) is 4.65. The maximum Gasteiger partial charge on any atom is 0.309 e. The van der Waals surface area contributed by atoms with Gasteiger partial charge in [-0.05, 0) is 48.6 Å². The first kappa shape index (κ1) is 22.8. The van der Waals surface area contributed by atoms with Crippen molar-refractivity contribution in [1.29, 1.82) is 0 Å². The van der Waals surface area contributed by atoms with Crippen LogP contribution in [-0.2, 0) is 4.57 Å². The normalized spacial score (nSPS) is 25.7. The van der Waals surface area contributed by atoms with Gasteiger partial charge in [0.2, 0.25) is 0 Å². The second kappa shape index (κ2) is 8.73. The molecular weight excluding hydrogens is 377 g/mol. The fraction of sp³-hybridized carbons (Fsp3) is 0.750. The molecule has 2 atom stereocenters. The maximum atomic E-state index is 14.8. The van der Waals surface area contributed by atoms with Crippen LogP contribution in [0.25, 0.3) is 0 Å². The molecule has 1 aliphatic carbocycles. The monoisotopic (exact) mass is 419 g/mol. The van der Waals surface area contributed by atoms with Crippen LogP contribution in [0.3, 0.4) is 0 Å². The average molecular weight is 420 g/mol. The molecule has 164 valence electrons. The highest BCUT2D eigenvalue weighted by Crippen LogP contribution is 2.63. The molecule has 1 N–H and O–H groups in total. The van der Waals surface area contributed by atoms with Crippen molar-refractivity contribution in [2.45, 2.75) is 92.2 Å². The predicted octanol–water partition coefficient (Wildman–Crippen LogP) is 7.01. The molecule has 4 nitrogen and oxygen atoms in total. The van der Waals surface area contributed by atoms with Gasteiger partial charge in [0, 0.05) is 30.9 Å². The predicted molar refractivity (Wildman–Crippen MR) is 125 cm³/mol. The lowest BCUT2D eigenvalue weighted by molar-refractivity contribution is 0.183. The Balaban J connectivity index is 1.95. The molecule has 0 unspecified atom stereocenters. The van der Waals surface area contributed by atoms with Gasteiger partial charge >= 0.3 is 7.59 Å². The van der Waals surface area contributed by atoms with Gasteiger partial charge in [0.1, 0.15) is 0 Å². The zero-order valence-electron chi connectivity index (χ0n) is 19.4. The molecule has 1 saturated heterocycles. The molecular formula is C24H42N3OP. The Labute approximate surface area is 179 Å². The highest BCUT2D eigenvalue weighted by Gasteiger charge is 2.55. The third kappa shape index (κ3) is 5.66. The summed E-state index contributed by atoms with van der Waals surface area (Å²) in [5.41, 5.74) is 1.44. The summed E-state index contributed by atoms with van der Waals surface area (Å²) in [5, 5.41) is 3.55. The van der Waals surface area contributed by atoms with Crippen LogP contribution in [0.2, 0.25) is 0 Å². The topological polar surface area (TPSA) is 35.6 Å². The van der Waals surface area contributed by atoms with E-state index in [1.807, 2.05) is 30.3 Å². The van der Waals surface area contributed by atoms with E-state index in [1.54, 1.807) is 0 Å². The Kier molecular flexibility index (Phi) is 6.88. The Hall–Kier alpha value is -0.830. The van der Waals surface area contributed by atoms with Gasteiger partial charge in [0.25, 0.3) is 0 Å². The Bertz CT molecular complexity index is 669. The van der Waals surface area contributed by atoms with E-state index in [1.165, 1.54) is 25.7 Å². The molecule has 5 heteroatoms. The Morgan fingerprint density at radius 2 is 1.31 bits per heavy atom. The first-order chi connectivity index (χ1) is 13.5. The molecule has 2 fully saturated rings. The standard InChI is InChI=1S/C24H42N3OP/c1-23(2,3)16-18-26-21-14-10-11-15-22(21)27(19-17-24(4,5)6)29(26,28)25-20-12-8-7-9-13-20/h7-9,12-13,21-22H,10-11,14-19H2,1-6H3,(H,25,28)/t21-,22-/m1/s1. The van der Waals surface area contributed by atoms with Crippen LogP contribution in [-0.4, -0.2) is 34.5 Å². The molecule has 0 bridgehead atoms. The van der Waals surface area contributed by atoms with Crippen molar-refractivity contribution < 1.29 is 4.57 Å². The average Bonchev–Trinajstić information content (AvgIpc) is 2.85. The van der Waals surface area contributed by atoms with Gasteiger partial charge in [-0.3, -0.25) is 4.57 Å². The minimum Gasteiger partial charge on any atom is -0.313 e. The molecule has 1 aliphatic heterocycles. The van der Waals surface area contributed by atoms with Crippen LogP contribution >= 0.6 is 7.59 Å². The summed E-state index contributed by atoms with van der Waals surface area (Å²) in [4.78, 5) is 0. The Morgan fingerprint density at radius 1 is 0.862 bits per heavy atom. The van der Waals surface area contributed by atoms with Gasteiger partial charge in [-0.2, -0.15) is 0 Å². The zero-order chi connectivity index (χ0) is 21.3. The molecule has 0 radical (unpaired) electrons. The highest BCUT2D eigenvalue weighted by atomic mass is 31.2. The largest absolute Gasteiger partial charge is 0.313 e. The lowest BCUT2D eigenvalue weighted by atomic mass is 9.88. The molecule has 1 saturated carbocycles. The molecule has 1 heterocycles. The van der Waals surface area contributed by atoms with Gasteiger partial charge in [-0.15, -0.1) is 0 Å². The summed E-state index contributed by atoms with van der Waals surface area (Å²) < 4.78 is 19.6. The summed E-state index contributed by atoms with van der Waals surface area (Å²) in [6.07, 6.45) is 6.97. The van der Waals surface area contributed by atoms with Gasteiger partial charge in [0.05, 0.1) is 0 Å². The molecule has 0 aromatic heterocycles. The van der Waals surface area contributed by atoms with Crippen molar-refractivity contribution in [3.8, 4) is 0 Å². The van der Waals surface area contributed by atoms with E-state index in [-0.39, 0.29) is 10.8 Å². The van der Waals surface area contributed by atoms with Crippen LogP contribution in [0.1, 0.15) is 80.1 Å². The van der Waals surface area contributed by atoms with Crippen LogP contribution in [0.5, 0.6) is 0 Å². The highest BCUT2D eigenvalue weighted by molar-refractivity contribution is 7.61. The minimum absolute atomic E-state index is 0.237. The van der Waals surface area contributed by atoms with Crippen molar-refractivity contribution in [3.05, 3.63) is 30.3 Å². The number of hydrogen-bond acceptors (Lipinski definition) is 1. The van der Waals surface area contributed by atoms with E-state index < -0.39 is 7.59 Å². The number of nitrogens with zero attached hydrogens (tertiary/aromatic N) is 2. The van der Waals surface area contributed by atoms with E-state index in [4.69, 9.17) is 0 Å². The fourth-order valence-corrected chi connectivity index (χ4v) is 7.77. The van der Waals surface area contributed by atoms with Gasteiger partial charge < -0.3 is 5.09 Å². The molecule has 0 spiro atoms. The zero-order valence-corrected chi connectivity index (χ0v) is 20.3. The number of rotatable bonds is 6. The number of hydrogen-bond donors (Lipinski definition) is 1. The van der Waals surface area contributed by atoms with E-state index in [0.717, 1.165) is 31.6 Å². The van der Waals surface area contributed by atoms with E-state index in [9.17, 15) is 4.57 Å². The van der Waals surface area contributed by atoms with Crippen molar-refractivity contribution in [1.82, 2.24) is 9.34 Å². The number of fused-ring (bicyclic) bond motifs is 1. The maximum absolute atomic E-state index is 14.8.